The van der Waals surface area contributed by atoms with E-state index in [1.165, 1.54) is 0 Å². The lowest BCUT2D eigenvalue weighted by atomic mass is 9.92. The molecule has 0 fully saturated rings. The molecule has 328 valence electrons. The van der Waals surface area contributed by atoms with Crippen molar-refractivity contribution in [2.24, 2.45) is 5.41 Å². The normalized spacial score (nSPS) is 11.7. The quantitative estimate of drug-likeness (QED) is 0.0337. The molecule has 0 amide bonds. The van der Waals surface area contributed by atoms with Gasteiger partial charge in [-0.1, -0.05) is 48.6 Å². The predicted molar refractivity (Wildman–Crippen MR) is 227 cm³/mol. The lowest BCUT2D eigenvalue weighted by Gasteiger charge is -2.33. The van der Waals surface area contributed by atoms with E-state index >= 15 is 0 Å². The SMILES string of the molecule is C=CCOC(CCCOCC(COCCCC(OCC=C)OCC=C)(COCCCC(OCC=C)OCC=C)COCCCC(OCC=C)OCC=C)OCC=C. The van der Waals surface area contributed by atoms with Gasteiger partial charge >= 0.3 is 0 Å². The molecule has 0 unspecified atom stereocenters. The van der Waals surface area contributed by atoms with Crippen molar-refractivity contribution >= 4 is 0 Å². The Morgan fingerprint density at radius 1 is 0.298 bits per heavy atom. The number of rotatable bonds is 48. The number of hydrogen-bond acceptors (Lipinski definition) is 12. The summed E-state index contributed by atoms with van der Waals surface area (Å²) in [7, 11) is 0. The first kappa shape index (κ1) is 54.4. The maximum Gasteiger partial charge on any atom is 0.158 e. The molecular formula is C45H76O12. The van der Waals surface area contributed by atoms with Crippen LogP contribution in [0.2, 0.25) is 0 Å². The van der Waals surface area contributed by atoms with E-state index in [0.717, 1.165) is 0 Å². The van der Waals surface area contributed by atoms with Crippen molar-refractivity contribution < 1.29 is 56.8 Å². The number of hydrogen-bond donors (Lipinski definition) is 0. The average Bonchev–Trinajstić information content (AvgIpc) is 3.22. The maximum absolute atomic E-state index is 6.34. The topological polar surface area (TPSA) is 111 Å². The van der Waals surface area contributed by atoms with Crippen molar-refractivity contribution in [3.63, 3.8) is 0 Å². The van der Waals surface area contributed by atoms with Crippen LogP contribution in [-0.2, 0) is 56.8 Å². The lowest BCUT2D eigenvalue weighted by molar-refractivity contribution is -0.143. The van der Waals surface area contributed by atoms with Crippen LogP contribution in [0.4, 0.5) is 0 Å². The lowest BCUT2D eigenvalue weighted by Crippen LogP contribution is -2.42. The van der Waals surface area contributed by atoms with Gasteiger partial charge in [-0.2, -0.15) is 0 Å². The number of ether oxygens (including phenoxy) is 12. The predicted octanol–water partition coefficient (Wildman–Crippen LogP) is 8.09. The zero-order valence-corrected chi connectivity index (χ0v) is 35.0. The molecule has 0 spiro atoms. The summed E-state index contributed by atoms with van der Waals surface area (Å²) in [6.45, 7) is 36.3. The molecule has 57 heavy (non-hydrogen) atoms. The Hall–Kier alpha value is -2.56. The summed E-state index contributed by atoms with van der Waals surface area (Å²) < 4.78 is 71.5. The molecule has 0 aromatic rings. The fourth-order valence-electron chi connectivity index (χ4n) is 5.07. The summed E-state index contributed by atoms with van der Waals surface area (Å²) in [5.74, 6) is 0. The van der Waals surface area contributed by atoms with Crippen LogP contribution in [0.25, 0.3) is 0 Å². The molecule has 0 heterocycles. The van der Waals surface area contributed by atoms with E-state index < -0.39 is 5.41 Å². The van der Waals surface area contributed by atoms with Crippen molar-refractivity contribution in [2.75, 3.05) is 106 Å². The molecule has 0 saturated heterocycles. The zero-order chi connectivity index (χ0) is 41.9. The van der Waals surface area contributed by atoms with Gasteiger partial charge in [-0.25, -0.2) is 0 Å². The van der Waals surface area contributed by atoms with Crippen LogP contribution in [0.15, 0.2) is 101 Å². The van der Waals surface area contributed by atoms with Crippen LogP contribution in [-0.4, -0.2) is 131 Å². The molecule has 0 aromatic heterocycles. The van der Waals surface area contributed by atoms with E-state index in [9.17, 15) is 0 Å². The van der Waals surface area contributed by atoms with Gasteiger partial charge in [0.1, 0.15) is 0 Å². The van der Waals surface area contributed by atoms with Crippen molar-refractivity contribution in [2.45, 2.75) is 76.5 Å². The molecule has 0 radical (unpaired) electrons. The fourth-order valence-corrected chi connectivity index (χ4v) is 5.07. The van der Waals surface area contributed by atoms with E-state index in [2.05, 4.69) is 52.6 Å². The molecule has 0 aliphatic carbocycles. The Bertz CT molecular complexity index is 799. The Kier molecular flexibility index (Phi) is 39.7. The van der Waals surface area contributed by atoms with Crippen molar-refractivity contribution in [1.29, 1.82) is 0 Å². The molecule has 12 nitrogen and oxygen atoms in total. The minimum Gasteiger partial charge on any atom is -0.381 e. The van der Waals surface area contributed by atoms with E-state index in [1.54, 1.807) is 48.6 Å². The van der Waals surface area contributed by atoms with Gasteiger partial charge in [0, 0.05) is 52.1 Å². The van der Waals surface area contributed by atoms with E-state index in [0.29, 0.717) is 157 Å². The highest BCUT2D eigenvalue weighted by Gasteiger charge is 2.33. The standard InChI is InChI=1S/C45H76O12/c1-9-25-50-41(51-26-10-2)21-17-33-46-37-45(38-47-34-18-22-42(52-27-11-3)53-28-12-4,39-48-35-19-23-43(54-29-13-5)55-30-14-6)40-49-36-20-24-44(56-31-15-7)57-32-16-8/h9-16,41-44H,1-8,17-40H2. The zero-order valence-electron chi connectivity index (χ0n) is 35.0. The summed E-state index contributed by atoms with van der Waals surface area (Å²) in [6.07, 6.45) is 17.5. The molecule has 0 aromatic carbocycles. The summed E-state index contributed by atoms with van der Waals surface area (Å²) in [6, 6.07) is 0. The van der Waals surface area contributed by atoms with Crippen molar-refractivity contribution in [3.8, 4) is 0 Å². The molecule has 0 aliphatic heterocycles. The van der Waals surface area contributed by atoms with E-state index in [-0.39, 0.29) is 25.2 Å². The van der Waals surface area contributed by atoms with Gasteiger partial charge < -0.3 is 56.8 Å². The molecule has 0 rings (SSSR count). The average molecular weight is 809 g/mol. The molecule has 0 bridgehead atoms. The highest BCUT2D eigenvalue weighted by molar-refractivity contribution is 4.80. The third-order valence-corrected chi connectivity index (χ3v) is 7.75. The van der Waals surface area contributed by atoms with Crippen molar-refractivity contribution in [3.05, 3.63) is 101 Å². The summed E-state index contributed by atoms with van der Waals surface area (Å²) in [4.78, 5) is 0. The van der Waals surface area contributed by atoms with Gasteiger partial charge in [-0.15, -0.1) is 52.6 Å². The van der Waals surface area contributed by atoms with Gasteiger partial charge in [-0.3, -0.25) is 0 Å². The van der Waals surface area contributed by atoms with Gasteiger partial charge in [0.25, 0.3) is 0 Å². The molecule has 0 saturated carbocycles. The smallest absolute Gasteiger partial charge is 0.158 e. The van der Waals surface area contributed by atoms with Gasteiger partial charge in [0.2, 0.25) is 0 Å². The second-order valence-corrected chi connectivity index (χ2v) is 13.0. The summed E-state index contributed by atoms with van der Waals surface area (Å²) in [5.41, 5.74) is -0.619. The largest absolute Gasteiger partial charge is 0.381 e. The molecule has 0 N–H and O–H groups in total. The molecule has 0 aliphatic rings. The third-order valence-electron chi connectivity index (χ3n) is 7.75. The van der Waals surface area contributed by atoms with E-state index in [4.69, 9.17) is 56.8 Å². The Balaban J connectivity index is 5.81. The van der Waals surface area contributed by atoms with Crippen LogP contribution in [0.3, 0.4) is 0 Å². The second kappa shape index (κ2) is 41.6. The van der Waals surface area contributed by atoms with Crippen LogP contribution >= 0.6 is 0 Å². The Labute approximate surface area is 345 Å². The van der Waals surface area contributed by atoms with E-state index in [1.807, 2.05) is 0 Å². The first-order valence-electron chi connectivity index (χ1n) is 20.1. The first-order valence-corrected chi connectivity index (χ1v) is 20.1. The van der Waals surface area contributed by atoms with Crippen LogP contribution < -0.4 is 0 Å². The minimum atomic E-state index is -0.619. The fraction of sp³-hybridized carbons (Fsp3) is 0.644. The Morgan fingerprint density at radius 3 is 0.632 bits per heavy atom. The molecular weight excluding hydrogens is 732 g/mol. The highest BCUT2D eigenvalue weighted by Crippen LogP contribution is 2.23. The third kappa shape index (κ3) is 33.0. The first-order chi connectivity index (χ1) is 28.0. The molecule has 0 atom stereocenters. The monoisotopic (exact) mass is 809 g/mol. The maximum atomic E-state index is 6.34. The van der Waals surface area contributed by atoms with Crippen LogP contribution in [0, 0.1) is 5.41 Å². The minimum absolute atomic E-state index is 0.341. The van der Waals surface area contributed by atoms with Crippen LogP contribution in [0.1, 0.15) is 51.4 Å². The van der Waals surface area contributed by atoms with Crippen LogP contribution in [0.5, 0.6) is 0 Å². The highest BCUT2D eigenvalue weighted by atomic mass is 16.7. The van der Waals surface area contributed by atoms with Crippen molar-refractivity contribution in [1.82, 2.24) is 0 Å². The Morgan fingerprint density at radius 2 is 0.474 bits per heavy atom. The van der Waals surface area contributed by atoms with Gasteiger partial charge in [-0.05, 0) is 25.7 Å². The summed E-state index contributed by atoms with van der Waals surface area (Å²) in [5, 5.41) is 0. The molecule has 12 heteroatoms. The second-order valence-electron chi connectivity index (χ2n) is 13.0. The van der Waals surface area contributed by atoms with Gasteiger partial charge in [0.15, 0.2) is 25.2 Å². The van der Waals surface area contributed by atoms with Gasteiger partial charge in [0.05, 0.1) is 84.7 Å². The summed E-state index contributed by atoms with van der Waals surface area (Å²) >= 11 is 0.